The van der Waals surface area contributed by atoms with E-state index in [1.54, 1.807) is 6.92 Å². The van der Waals surface area contributed by atoms with Gasteiger partial charge in [0.05, 0.1) is 6.61 Å². The SMILES string of the molecule is CC(=O)OC[C@]12CC[C@@H]([C@@H](C)C=O)[C@@H]1[C@H]1CC[C@@H]3[C@@]4(C)CC[C@H](OC(C)=O)C(C)(C)[C@@H]4CC[C@@]3(C)[C@]1(C)CC2. The molecule has 5 heteroatoms. The lowest BCUT2D eigenvalue weighted by atomic mass is 9.32. The predicted molar refractivity (Wildman–Crippen MR) is 152 cm³/mol. The molecule has 0 bridgehead atoms. The summed E-state index contributed by atoms with van der Waals surface area (Å²) < 4.78 is 11.7. The van der Waals surface area contributed by atoms with Crippen LogP contribution < -0.4 is 0 Å². The van der Waals surface area contributed by atoms with E-state index in [0.717, 1.165) is 32.1 Å². The fraction of sp³-hybridized carbons (Fsp3) is 0.912. The average molecular weight is 543 g/mol. The molecule has 5 aliphatic carbocycles. The lowest BCUT2D eigenvalue weighted by Gasteiger charge is -2.73. The maximum atomic E-state index is 12.1. The first-order valence-electron chi connectivity index (χ1n) is 15.9. The van der Waals surface area contributed by atoms with Gasteiger partial charge in [-0.15, -0.1) is 0 Å². The van der Waals surface area contributed by atoms with Gasteiger partial charge in [-0.1, -0.05) is 41.5 Å². The highest BCUT2D eigenvalue weighted by molar-refractivity contribution is 5.66. The van der Waals surface area contributed by atoms with E-state index in [4.69, 9.17) is 9.47 Å². The number of rotatable bonds is 5. The van der Waals surface area contributed by atoms with Gasteiger partial charge in [0.15, 0.2) is 0 Å². The van der Waals surface area contributed by atoms with Crippen molar-refractivity contribution in [1.82, 2.24) is 0 Å². The van der Waals surface area contributed by atoms with Crippen LogP contribution in [0.1, 0.15) is 120 Å². The number of fused-ring (bicyclic) bond motifs is 7. The molecule has 5 rings (SSSR count). The van der Waals surface area contributed by atoms with Crippen LogP contribution in [-0.2, 0) is 23.9 Å². The molecule has 5 saturated carbocycles. The molecule has 0 spiro atoms. The molecule has 0 aliphatic heterocycles. The van der Waals surface area contributed by atoms with Gasteiger partial charge < -0.3 is 14.3 Å². The molecule has 0 unspecified atom stereocenters. The highest BCUT2D eigenvalue weighted by Gasteiger charge is 2.71. The zero-order valence-corrected chi connectivity index (χ0v) is 25.9. The van der Waals surface area contributed by atoms with E-state index in [0.29, 0.717) is 36.2 Å². The maximum absolute atomic E-state index is 12.1. The highest BCUT2D eigenvalue weighted by atomic mass is 16.5. The molecule has 0 heterocycles. The van der Waals surface area contributed by atoms with E-state index < -0.39 is 0 Å². The third kappa shape index (κ3) is 4.09. The van der Waals surface area contributed by atoms with Crippen molar-refractivity contribution >= 4 is 18.2 Å². The first kappa shape index (κ1) is 29.1. The van der Waals surface area contributed by atoms with E-state index in [9.17, 15) is 14.4 Å². The minimum atomic E-state index is -0.183. The van der Waals surface area contributed by atoms with Crippen LogP contribution in [-0.4, -0.2) is 30.9 Å². The standard InChI is InChI=1S/C34H54O5/c1-21(19-35)24-11-16-34(20-38-22(2)36)18-17-32(7)25(29(24)34)9-10-27-31(6)14-13-28(39-23(3)37)30(4,5)26(31)12-15-33(27,32)8/h19,21,24-29H,9-18,20H2,1-8H3/t21-,24-,25+,26-,27+,28-,29+,31-,32+,33+,34+/m0/s1. The summed E-state index contributed by atoms with van der Waals surface area (Å²) in [5.41, 5.74) is 0.664. The van der Waals surface area contributed by atoms with Gasteiger partial charge in [-0.25, -0.2) is 0 Å². The largest absolute Gasteiger partial charge is 0.465 e. The zero-order chi connectivity index (χ0) is 28.6. The second kappa shape index (κ2) is 9.58. The number of ether oxygens (including phenoxy) is 2. The third-order valence-corrected chi connectivity index (χ3v) is 14.4. The Hall–Kier alpha value is -1.39. The second-order valence-corrected chi connectivity index (χ2v) is 16.0. The molecule has 0 N–H and O–H groups in total. The van der Waals surface area contributed by atoms with Crippen LogP contribution in [0.4, 0.5) is 0 Å². The Kier molecular flexibility index (Phi) is 7.15. The summed E-state index contributed by atoms with van der Waals surface area (Å²) >= 11 is 0. The molecule has 0 aromatic rings. The van der Waals surface area contributed by atoms with Gasteiger partial charge in [-0.2, -0.15) is 0 Å². The van der Waals surface area contributed by atoms with Crippen LogP contribution in [0.3, 0.4) is 0 Å². The van der Waals surface area contributed by atoms with Gasteiger partial charge in [-0.3, -0.25) is 9.59 Å². The number of carbonyl (C=O) groups excluding carboxylic acids is 3. The van der Waals surface area contributed by atoms with Crippen molar-refractivity contribution in [2.24, 2.45) is 62.6 Å². The summed E-state index contributed by atoms with van der Waals surface area (Å²) in [5, 5.41) is 0. The number of aldehydes is 1. The monoisotopic (exact) mass is 542 g/mol. The Morgan fingerprint density at radius 3 is 2.18 bits per heavy atom. The molecule has 5 fully saturated rings. The summed E-state index contributed by atoms with van der Waals surface area (Å²) in [7, 11) is 0. The molecule has 0 radical (unpaired) electrons. The molecule has 0 aromatic heterocycles. The van der Waals surface area contributed by atoms with Crippen molar-refractivity contribution in [3.8, 4) is 0 Å². The Morgan fingerprint density at radius 2 is 1.54 bits per heavy atom. The molecule has 0 saturated heterocycles. The second-order valence-electron chi connectivity index (χ2n) is 16.0. The number of esters is 2. The van der Waals surface area contributed by atoms with E-state index in [1.807, 2.05) is 0 Å². The average Bonchev–Trinajstić information content (AvgIpc) is 3.24. The van der Waals surface area contributed by atoms with Crippen molar-refractivity contribution in [3.05, 3.63) is 0 Å². The molecular weight excluding hydrogens is 488 g/mol. The van der Waals surface area contributed by atoms with Crippen molar-refractivity contribution in [3.63, 3.8) is 0 Å². The van der Waals surface area contributed by atoms with Crippen molar-refractivity contribution < 1.29 is 23.9 Å². The molecular formula is C34H54O5. The lowest BCUT2D eigenvalue weighted by molar-refractivity contribution is -0.253. The summed E-state index contributed by atoms with van der Waals surface area (Å²) in [6.45, 7) is 18.2. The minimum Gasteiger partial charge on any atom is -0.465 e. The van der Waals surface area contributed by atoms with Crippen LogP contribution in [0.25, 0.3) is 0 Å². The van der Waals surface area contributed by atoms with E-state index >= 15 is 0 Å². The summed E-state index contributed by atoms with van der Waals surface area (Å²) in [5.74, 6) is 2.28. The van der Waals surface area contributed by atoms with Crippen LogP contribution in [0.5, 0.6) is 0 Å². The molecule has 0 amide bonds. The van der Waals surface area contributed by atoms with Gasteiger partial charge in [0.2, 0.25) is 0 Å². The maximum Gasteiger partial charge on any atom is 0.302 e. The van der Waals surface area contributed by atoms with Gasteiger partial charge >= 0.3 is 11.9 Å². The quantitative estimate of drug-likeness (QED) is 0.267. The van der Waals surface area contributed by atoms with E-state index in [-0.39, 0.29) is 51.0 Å². The number of carbonyl (C=O) groups is 3. The number of hydrogen-bond donors (Lipinski definition) is 0. The van der Waals surface area contributed by atoms with Crippen molar-refractivity contribution in [1.29, 1.82) is 0 Å². The lowest BCUT2D eigenvalue weighted by Crippen LogP contribution is -2.67. The first-order valence-corrected chi connectivity index (χ1v) is 15.9. The fourth-order valence-corrected chi connectivity index (χ4v) is 12.4. The Balaban J connectivity index is 1.50. The Labute approximate surface area is 236 Å². The molecule has 11 atom stereocenters. The predicted octanol–water partition coefficient (Wildman–Crippen LogP) is 7.40. The van der Waals surface area contributed by atoms with Crippen LogP contribution in [0, 0.1) is 62.6 Å². The summed E-state index contributed by atoms with van der Waals surface area (Å²) in [6.07, 6.45) is 12.6. The van der Waals surface area contributed by atoms with E-state index in [2.05, 4.69) is 41.5 Å². The van der Waals surface area contributed by atoms with Gasteiger partial charge in [0.25, 0.3) is 0 Å². The Morgan fingerprint density at radius 1 is 0.821 bits per heavy atom. The number of hydrogen-bond acceptors (Lipinski definition) is 5. The minimum absolute atomic E-state index is 0.00463. The first-order chi connectivity index (χ1) is 18.2. The third-order valence-electron chi connectivity index (χ3n) is 14.4. The smallest absolute Gasteiger partial charge is 0.302 e. The van der Waals surface area contributed by atoms with Gasteiger partial charge in [0.1, 0.15) is 12.4 Å². The molecule has 0 aromatic carbocycles. The van der Waals surface area contributed by atoms with Crippen molar-refractivity contribution in [2.75, 3.05) is 6.61 Å². The molecule has 220 valence electrons. The molecule has 5 nitrogen and oxygen atoms in total. The fourth-order valence-electron chi connectivity index (χ4n) is 12.4. The van der Waals surface area contributed by atoms with Crippen LogP contribution in [0.2, 0.25) is 0 Å². The zero-order valence-electron chi connectivity index (χ0n) is 25.9. The van der Waals surface area contributed by atoms with E-state index in [1.165, 1.54) is 45.3 Å². The highest BCUT2D eigenvalue weighted by Crippen LogP contribution is 2.77. The summed E-state index contributed by atoms with van der Waals surface area (Å²) in [6, 6.07) is 0. The topological polar surface area (TPSA) is 69.7 Å². The van der Waals surface area contributed by atoms with Gasteiger partial charge in [0, 0.05) is 30.6 Å². The van der Waals surface area contributed by atoms with Crippen molar-refractivity contribution in [2.45, 2.75) is 126 Å². The Bertz CT molecular complexity index is 1000. The molecule has 39 heavy (non-hydrogen) atoms. The summed E-state index contributed by atoms with van der Waals surface area (Å²) in [4.78, 5) is 36.0. The van der Waals surface area contributed by atoms with Gasteiger partial charge in [-0.05, 0) is 110 Å². The normalized spacial score (nSPS) is 48.9. The van der Waals surface area contributed by atoms with Crippen LogP contribution >= 0.6 is 0 Å². The molecule has 5 aliphatic rings. The van der Waals surface area contributed by atoms with Crippen LogP contribution in [0.15, 0.2) is 0 Å².